The molecule has 0 radical (unpaired) electrons. The molecule has 2 nitrogen and oxygen atoms in total. The molecule has 0 aliphatic heterocycles. The first-order valence-corrected chi connectivity index (χ1v) is 7.63. The van der Waals surface area contributed by atoms with Gasteiger partial charge in [-0.2, -0.15) is 0 Å². The van der Waals surface area contributed by atoms with Gasteiger partial charge in [-0.05, 0) is 73.1 Å². The van der Waals surface area contributed by atoms with Gasteiger partial charge in [0.2, 0.25) is 0 Å². The molecule has 2 heteroatoms. The van der Waals surface area contributed by atoms with E-state index >= 15 is 0 Å². The van der Waals surface area contributed by atoms with E-state index in [4.69, 9.17) is 4.74 Å². The van der Waals surface area contributed by atoms with E-state index in [1.54, 1.807) is 0 Å². The minimum absolute atomic E-state index is 0.334. The van der Waals surface area contributed by atoms with Crippen LogP contribution in [0.4, 0.5) is 0 Å². The van der Waals surface area contributed by atoms with E-state index in [1.165, 1.54) is 22.3 Å². The molecule has 1 aliphatic carbocycles. The van der Waals surface area contributed by atoms with Gasteiger partial charge in [0.05, 0.1) is 6.10 Å². The van der Waals surface area contributed by atoms with Gasteiger partial charge in [0.25, 0.3) is 0 Å². The summed E-state index contributed by atoms with van der Waals surface area (Å²) in [5, 5.41) is 10.1. The van der Waals surface area contributed by atoms with E-state index in [0.29, 0.717) is 6.61 Å². The van der Waals surface area contributed by atoms with Crippen LogP contribution < -0.4 is 4.74 Å². The Bertz CT molecular complexity index is 646. The van der Waals surface area contributed by atoms with E-state index in [9.17, 15) is 5.11 Å². The van der Waals surface area contributed by atoms with Crippen molar-refractivity contribution in [3.8, 4) is 5.75 Å². The Kier molecular flexibility index (Phi) is 3.98. The third kappa shape index (κ3) is 3.11. The number of hydrogen-bond donors (Lipinski definition) is 1. The third-order valence-corrected chi connectivity index (χ3v) is 4.38. The summed E-state index contributed by atoms with van der Waals surface area (Å²) in [6.07, 6.45) is 2.65. The van der Waals surface area contributed by atoms with Crippen LogP contribution in [0.5, 0.6) is 5.75 Å². The van der Waals surface area contributed by atoms with Crippen molar-refractivity contribution in [2.24, 2.45) is 0 Å². The molecule has 0 saturated heterocycles. The molecule has 0 bridgehead atoms. The first-order valence-electron chi connectivity index (χ1n) is 7.63. The van der Waals surface area contributed by atoms with Gasteiger partial charge >= 0.3 is 0 Å². The van der Waals surface area contributed by atoms with Gasteiger partial charge in [-0.15, -0.1) is 0 Å². The maximum Gasteiger partial charge on any atom is 0.120 e. The topological polar surface area (TPSA) is 29.5 Å². The van der Waals surface area contributed by atoms with Crippen LogP contribution in [0.3, 0.4) is 0 Å². The molecule has 0 unspecified atom stereocenters. The molecule has 0 fully saturated rings. The van der Waals surface area contributed by atoms with E-state index in [0.717, 1.165) is 30.6 Å². The maximum absolute atomic E-state index is 10.1. The first kappa shape index (κ1) is 14.2. The fraction of sp³-hybridized carbons (Fsp3) is 0.368. The molecule has 0 spiro atoms. The Morgan fingerprint density at radius 1 is 1.10 bits per heavy atom. The Hall–Kier alpha value is -1.80. The van der Waals surface area contributed by atoms with Gasteiger partial charge in [-0.3, -0.25) is 0 Å². The van der Waals surface area contributed by atoms with E-state index in [-0.39, 0.29) is 6.10 Å². The number of rotatable bonds is 3. The van der Waals surface area contributed by atoms with Crippen molar-refractivity contribution in [3.05, 3.63) is 64.2 Å². The Balaban J connectivity index is 1.73. The molecule has 1 aliphatic rings. The zero-order valence-corrected chi connectivity index (χ0v) is 12.7. The van der Waals surface area contributed by atoms with Crippen LogP contribution in [-0.2, 0) is 13.0 Å². The minimum atomic E-state index is -0.334. The standard InChI is InChI=1S/C19H22O2/c1-13-6-7-15(10-14(13)2)12-21-17-9-8-16-4-3-5-19(20)18(16)11-17/h6-11,19-20H,3-5,12H2,1-2H3/t19-/m1/s1. The molecular weight excluding hydrogens is 260 g/mol. The fourth-order valence-corrected chi connectivity index (χ4v) is 2.90. The number of fused-ring (bicyclic) bond motifs is 1. The number of aliphatic hydroxyl groups is 1. The van der Waals surface area contributed by atoms with Crippen LogP contribution in [0.1, 0.15) is 46.8 Å². The van der Waals surface area contributed by atoms with Gasteiger partial charge in [0.15, 0.2) is 0 Å². The predicted molar refractivity (Wildman–Crippen MR) is 84.6 cm³/mol. The summed E-state index contributed by atoms with van der Waals surface area (Å²) in [4.78, 5) is 0. The molecule has 110 valence electrons. The molecule has 0 aromatic heterocycles. The van der Waals surface area contributed by atoms with Gasteiger partial charge in [0.1, 0.15) is 12.4 Å². The monoisotopic (exact) mass is 282 g/mol. The second-order valence-electron chi connectivity index (χ2n) is 5.98. The number of aliphatic hydroxyl groups excluding tert-OH is 1. The van der Waals surface area contributed by atoms with Crippen molar-refractivity contribution in [3.63, 3.8) is 0 Å². The van der Waals surface area contributed by atoms with Crippen molar-refractivity contribution >= 4 is 0 Å². The Morgan fingerprint density at radius 2 is 1.95 bits per heavy atom. The molecule has 1 N–H and O–H groups in total. The van der Waals surface area contributed by atoms with Crippen LogP contribution in [-0.4, -0.2) is 5.11 Å². The zero-order chi connectivity index (χ0) is 14.8. The van der Waals surface area contributed by atoms with Crippen molar-refractivity contribution in [2.45, 2.75) is 45.8 Å². The van der Waals surface area contributed by atoms with Crippen LogP contribution >= 0.6 is 0 Å². The molecule has 21 heavy (non-hydrogen) atoms. The average Bonchev–Trinajstić information content (AvgIpc) is 2.49. The molecule has 3 rings (SSSR count). The summed E-state index contributed by atoms with van der Waals surface area (Å²) in [7, 11) is 0. The lowest BCUT2D eigenvalue weighted by Gasteiger charge is -2.22. The van der Waals surface area contributed by atoms with Crippen LogP contribution in [0.15, 0.2) is 36.4 Å². The van der Waals surface area contributed by atoms with E-state index in [1.807, 2.05) is 12.1 Å². The summed E-state index contributed by atoms with van der Waals surface area (Å²) in [6, 6.07) is 12.5. The Labute approximate surface area is 126 Å². The van der Waals surface area contributed by atoms with Crippen LogP contribution in [0.25, 0.3) is 0 Å². The number of ether oxygens (including phenoxy) is 1. The van der Waals surface area contributed by atoms with Crippen molar-refractivity contribution in [1.82, 2.24) is 0 Å². The lowest BCUT2D eigenvalue weighted by molar-refractivity contribution is 0.156. The highest BCUT2D eigenvalue weighted by molar-refractivity contribution is 5.38. The smallest absolute Gasteiger partial charge is 0.120 e. The van der Waals surface area contributed by atoms with Gasteiger partial charge in [-0.1, -0.05) is 24.3 Å². The van der Waals surface area contributed by atoms with Gasteiger partial charge in [0, 0.05) is 0 Å². The second-order valence-corrected chi connectivity index (χ2v) is 5.98. The van der Waals surface area contributed by atoms with Gasteiger partial charge in [-0.25, -0.2) is 0 Å². The maximum atomic E-state index is 10.1. The predicted octanol–water partition coefficient (Wildman–Crippen LogP) is 4.25. The highest BCUT2D eigenvalue weighted by Crippen LogP contribution is 2.32. The van der Waals surface area contributed by atoms with Crippen LogP contribution in [0, 0.1) is 13.8 Å². The summed E-state index contributed by atoms with van der Waals surface area (Å²) >= 11 is 0. The highest BCUT2D eigenvalue weighted by atomic mass is 16.5. The second kappa shape index (κ2) is 5.90. The molecule has 0 amide bonds. The lowest BCUT2D eigenvalue weighted by atomic mass is 9.89. The highest BCUT2D eigenvalue weighted by Gasteiger charge is 2.18. The summed E-state index contributed by atoms with van der Waals surface area (Å²) in [6.45, 7) is 4.80. The van der Waals surface area contributed by atoms with Crippen molar-refractivity contribution < 1.29 is 9.84 Å². The zero-order valence-electron chi connectivity index (χ0n) is 12.7. The lowest BCUT2D eigenvalue weighted by Crippen LogP contribution is -2.09. The normalized spacial score (nSPS) is 17.4. The molecule has 2 aromatic carbocycles. The van der Waals surface area contributed by atoms with Gasteiger partial charge < -0.3 is 9.84 Å². The average molecular weight is 282 g/mol. The van der Waals surface area contributed by atoms with Crippen LogP contribution in [0.2, 0.25) is 0 Å². The largest absolute Gasteiger partial charge is 0.489 e. The quantitative estimate of drug-likeness (QED) is 0.911. The third-order valence-electron chi connectivity index (χ3n) is 4.38. The first-order chi connectivity index (χ1) is 10.1. The molecule has 0 heterocycles. The van der Waals surface area contributed by atoms with Crippen molar-refractivity contribution in [1.29, 1.82) is 0 Å². The number of benzene rings is 2. The van der Waals surface area contributed by atoms with E-state index < -0.39 is 0 Å². The molecule has 0 saturated carbocycles. The molecular formula is C19H22O2. The van der Waals surface area contributed by atoms with E-state index in [2.05, 4.69) is 38.1 Å². The molecule has 2 aromatic rings. The fourth-order valence-electron chi connectivity index (χ4n) is 2.90. The van der Waals surface area contributed by atoms with Crippen molar-refractivity contribution in [2.75, 3.05) is 0 Å². The summed E-state index contributed by atoms with van der Waals surface area (Å²) in [5.74, 6) is 0.841. The summed E-state index contributed by atoms with van der Waals surface area (Å²) in [5.41, 5.74) is 6.06. The summed E-state index contributed by atoms with van der Waals surface area (Å²) < 4.78 is 5.89. The number of aryl methyl sites for hydroxylation is 3. The Morgan fingerprint density at radius 3 is 2.76 bits per heavy atom. The number of hydrogen-bond acceptors (Lipinski definition) is 2. The SMILES string of the molecule is Cc1ccc(COc2ccc3c(c2)[C@H](O)CCC3)cc1C. The molecule has 1 atom stereocenters. The minimum Gasteiger partial charge on any atom is -0.489 e.